The number of rotatable bonds is 2. The topological polar surface area (TPSA) is 78.3 Å². The summed E-state index contributed by atoms with van der Waals surface area (Å²) in [4.78, 5) is 11.2. The van der Waals surface area contributed by atoms with Crippen LogP contribution in [0.2, 0.25) is 0 Å². The van der Waals surface area contributed by atoms with Crippen molar-refractivity contribution in [2.45, 2.75) is 45.4 Å². The summed E-state index contributed by atoms with van der Waals surface area (Å²) in [5.41, 5.74) is 10.4. The van der Waals surface area contributed by atoms with Crippen LogP contribution in [-0.4, -0.2) is 23.7 Å². The van der Waals surface area contributed by atoms with Crippen LogP contribution in [0.3, 0.4) is 0 Å². The number of hydrogen-bond donors (Lipinski definition) is 2. The van der Waals surface area contributed by atoms with Crippen molar-refractivity contribution >= 4 is 5.97 Å². The van der Waals surface area contributed by atoms with Gasteiger partial charge in [-0.2, -0.15) is 0 Å². The van der Waals surface area contributed by atoms with E-state index in [-0.39, 0.29) is 6.04 Å². The van der Waals surface area contributed by atoms with Crippen LogP contribution in [0.4, 0.5) is 0 Å². The lowest BCUT2D eigenvalue weighted by Gasteiger charge is -2.23. The predicted molar refractivity (Wildman–Crippen MR) is 47.5 cm³/mol. The second-order valence-corrected chi connectivity index (χ2v) is 3.92. The minimum absolute atomic E-state index is 0.375. The van der Waals surface area contributed by atoms with E-state index in [1.165, 1.54) is 0 Å². The average molecular weight is 174 g/mol. The zero-order chi connectivity index (χ0) is 9.94. The van der Waals surface area contributed by atoms with Crippen LogP contribution in [0.5, 0.6) is 0 Å². The molecular weight excluding hydrogens is 156 g/mol. The van der Waals surface area contributed by atoms with Gasteiger partial charge in [0.05, 0.1) is 0 Å². The van der Waals surface area contributed by atoms with E-state index in [1.807, 2.05) is 0 Å². The van der Waals surface area contributed by atoms with Gasteiger partial charge in [-0.3, -0.25) is 4.79 Å². The van der Waals surface area contributed by atoms with E-state index < -0.39 is 17.6 Å². The van der Waals surface area contributed by atoms with Crippen LogP contribution in [0.15, 0.2) is 0 Å². The lowest BCUT2D eigenvalue weighted by molar-refractivity contribution is -0.156. The van der Waals surface area contributed by atoms with Gasteiger partial charge in [0, 0.05) is 6.04 Å². The fourth-order valence-electron chi connectivity index (χ4n) is 0.584. The largest absolute Gasteiger partial charge is 0.459 e. The van der Waals surface area contributed by atoms with Crippen molar-refractivity contribution in [2.24, 2.45) is 11.5 Å². The minimum Gasteiger partial charge on any atom is -0.459 e. The predicted octanol–water partition coefficient (Wildman–Crippen LogP) is 0.00260. The number of ether oxygens (including phenoxy) is 1. The first-order valence-electron chi connectivity index (χ1n) is 3.98. The Morgan fingerprint density at radius 2 is 1.75 bits per heavy atom. The lowest BCUT2D eigenvalue weighted by atomic mass is 10.1. The normalized spacial score (nSPS) is 16.8. The molecule has 12 heavy (non-hydrogen) atoms. The van der Waals surface area contributed by atoms with Crippen LogP contribution in [-0.2, 0) is 9.53 Å². The second kappa shape index (κ2) is 3.87. The van der Waals surface area contributed by atoms with Gasteiger partial charge in [0.25, 0.3) is 0 Å². The Bertz CT molecular complexity index is 161. The summed E-state index contributed by atoms with van der Waals surface area (Å²) in [6.45, 7) is 7.05. The Morgan fingerprint density at radius 3 is 2.00 bits per heavy atom. The van der Waals surface area contributed by atoms with Crippen molar-refractivity contribution in [3.8, 4) is 0 Å². The molecule has 0 saturated carbocycles. The molecule has 0 aliphatic rings. The van der Waals surface area contributed by atoms with Gasteiger partial charge in [-0.25, -0.2) is 0 Å². The first kappa shape index (κ1) is 11.4. The van der Waals surface area contributed by atoms with Crippen LogP contribution in [0, 0.1) is 0 Å². The maximum atomic E-state index is 11.2. The molecule has 4 nitrogen and oxygen atoms in total. The van der Waals surface area contributed by atoms with Gasteiger partial charge in [-0.05, 0) is 27.7 Å². The van der Waals surface area contributed by atoms with Gasteiger partial charge in [0.1, 0.15) is 11.6 Å². The average Bonchev–Trinajstić information content (AvgIpc) is 1.82. The molecule has 0 saturated heterocycles. The van der Waals surface area contributed by atoms with Gasteiger partial charge in [0.15, 0.2) is 0 Å². The van der Waals surface area contributed by atoms with Crippen LogP contribution < -0.4 is 11.5 Å². The van der Waals surface area contributed by atoms with Gasteiger partial charge in [-0.15, -0.1) is 0 Å². The third-order valence-corrected chi connectivity index (χ3v) is 1.25. The highest BCUT2D eigenvalue weighted by molar-refractivity contribution is 5.76. The number of hydrogen-bond acceptors (Lipinski definition) is 4. The van der Waals surface area contributed by atoms with Crippen molar-refractivity contribution in [3.05, 3.63) is 0 Å². The zero-order valence-electron chi connectivity index (χ0n) is 8.13. The highest BCUT2D eigenvalue weighted by Crippen LogP contribution is 2.08. The van der Waals surface area contributed by atoms with Crippen molar-refractivity contribution in [2.75, 3.05) is 0 Å². The lowest BCUT2D eigenvalue weighted by Crippen LogP contribution is -2.48. The molecule has 0 aliphatic carbocycles. The van der Waals surface area contributed by atoms with Crippen molar-refractivity contribution in [3.63, 3.8) is 0 Å². The number of nitrogens with two attached hydrogens (primary N) is 2. The summed E-state index contributed by atoms with van der Waals surface area (Å²) in [5, 5.41) is 0. The van der Waals surface area contributed by atoms with E-state index in [4.69, 9.17) is 16.2 Å². The molecule has 0 aromatic rings. The number of carbonyl (C=O) groups excluding carboxylic acids is 1. The molecule has 0 spiro atoms. The molecule has 0 aromatic heterocycles. The molecule has 0 bridgehead atoms. The van der Waals surface area contributed by atoms with Crippen molar-refractivity contribution < 1.29 is 9.53 Å². The van der Waals surface area contributed by atoms with Gasteiger partial charge < -0.3 is 16.2 Å². The standard InChI is InChI=1S/C8H18N2O2/c1-5(9)6(10)7(11)12-8(2,3)4/h5-6H,9-10H2,1-4H3/t5-,6+/m1/s1. The summed E-state index contributed by atoms with van der Waals surface area (Å²) < 4.78 is 5.02. The fraction of sp³-hybridized carbons (Fsp3) is 0.875. The Morgan fingerprint density at radius 1 is 1.33 bits per heavy atom. The molecule has 0 heterocycles. The molecule has 0 fully saturated rings. The molecule has 4 N–H and O–H groups in total. The number of esters is 1. The molecule has 2 atom stereocenters. The molecule has 0 amide bonds. The van der Waals surface area contributed by atoms with Crippen molar-refractivity contribution in [1.29, 1.82) is 0 Å². The molecule has 0 aliphatic heterocycles. The van der Waals surface area contributed by atoms with Crippen LogP contribution in [0.25, 0.3) is 0 Å². The molecule has 0 rings (SSSR count). The fourth-order valence-corrected chi connectivity index (χ4v) is 0.584. The summed E-state index contributed by atoms with van der Waals surface area (Å²) in [6.07, 6.45) is 0. The highest BCUT2D eigenvalue weighted by atomic mass is 16.6. The molecule has 4 heteroatoms. The summed E-state index contributed by atoms with van der Waals surface area (Å²) in [5.74, 6) is -0.447. The maximum absolute atomic E-state index is 11.2. The SMILES string of the molecule is C[C@@H](N)[C@H](N)C(=O)OC(C)(C)C. The Hall–Kier alpha value is -0.610. The van der Waals surface area contributed by atoms with E-state index in [9.17, 15) is 4.79 Å². The Labute approximate surface area is 73.2 Å². The summed E-state index contributed by atoms with van der Waals surface area (Å²) in [6, 6.07) is -1.11. The van der Waals surface area contributed by atoms with Gasteiger partial charge in [-0.1, -0.05) is 0 Å². The summed E-state index contributed by atoms with van der Waals surface area (Å²) in [7, 11) is 0. The number of carbonyl (C=O) groups is 1. The van der Waals surface area contributed by atoms with E-state index in [0.29, 0.717) is 0 Å². The first-order chi connectivity index (χ1) is 5.24. The van der Waals surface area contributed by atoms with E-state index in [2.05, 4.69) is 0 Å². The van der Waals surface area contributed by atoms with Gasteiger partial charge in [0.2, 0.25) is 0 Å². The van der Waals surface area contributed by atoms with E-state index >= 15 is 0 Å². The third kappa shape index (κ3) is 4.31. The maximum Gasteiger partial charge on any atom is 0.325 e. The molecular formula is C8H18N2O2. The second-order valence-electron chi connectivity index (χ2n) is 3.92. The highest BCUT2D eigenvalue weighted by Gasteiger charge is 2.24. The van der Waals surface area contributed by atoms with E-state index in [0.717, 1.165) is 0 Å². The molecule has 0 radical (unpaired) electrons. The monoisotopic (exact) mass is 174 g/mol. The molecule has 0 unspecified atom stereocenters. The minimum atomic E-state index is -0.732. The Kier molecular flexibility index (Phi) is 3.67. The van der Waals surface area contributed by atoms with E-state index in [1.54, 1.807) is 27.7 Å². The first-order valence-corrected chi connectivity index (χ1v) is 3.98. The zero-order valence-corrected chi connectivity index (χ0v) is 8.13. The molecule has 0 aromatic carbocycles. The summed E-state index contributed by atoms with van der Waals surface area (Å²) >= 11 is 0. The Balaban J connectivity index is 4.05. The molecule has 72 valence electrons. The van der Waals surface area contributed by atoms with Crippen molar-refractivity contribution in [1.82, 2.24) is 0 Å². The smallest absolute Gasteiger partial charge is 0.325 e. The van der Waals surface area contributed by atoms with Crippen LogP contribution in [0.1, 0.15) is 27.7 Å². The van der Waals surface area contributed by atoms with Gasteiger partial charge >= 0.3 is 5.97 Å². The quantitative estimate of drug-likeness (QED) is 0.578. The van der Waals surface area contributed by atoms with Crippen LogP contribution >= 0.6 is 0 Å². The third-order valence-electron chi connectivity index (χ3n) is 1.25.